The molecule has 2 N–H and O–H groups in total. The highest BCUT2D eigenvalue weighted by molar-refractivity contribution is 5.81. The van der Waals surface area contributed by atoms with Crippen LogP contribution in [0, 0.1) is 0 Å². The minimum atomic E-state index is 0.0142. The summed E-state index contributed by atoms with van der Waals surface area (Å²) in [7, 11) is 0. The number of carbonyl (C=O) groups excluding carboxylic acids is 1. The van der Waals surface area contributed by atoms with E-state index in [-0.39, 0.29) is 5.91 Å². The minimum Gasteiger partial charge on any atom is -0.464 e. The zero-order valence-corrected chi connectivity index (χ0v) is 9.82. The summed E-state index contributed by atoms with van der Waals surface area (Å²) in [6, 6.07) is 7.87. The Morgan fingerprint density at radius 1 is 1.35 bits per heavy atom. The van der Waals surface area contributed by atoms with Crippen molar-refractivity contribution in [2.24, 2.45) is 0 Å². The van der Waals surface area contributed by atoms with Gasteiger partial charge in [0.2, 0.25) is 5.91 Å². The van der Waals surface area contributed by atoms with Gasteiger partial charge >= 0.3 is 0 Å². The lowest BCUT2D eigenvalue weighted by Crippen LogP contribution is -2.33. The Balaban J connectivity index is 1.93. The summed E-state index contributed by atoms with van der Waals surface area (Å²) < 4.78 is 5.41. The van der Waals surface area contributed by atoms with Crippen LogP contribution in [0.1, 0.15) is 12.5 Å². The van der Waals surface area contributed by atoms with Crippen molar-refractivity contribution >= 4 is 16.9 Å². The zero-order chi connectivity index (χ0) is 12.1. The molecule has 0 aliphatic rings. The molecule has 1 aromatic carbocycles. The van der Waals surface area contributed by atoms with E-state index < -0.39 is 0 Å². The predicted octanol–water partition coefficient (Wildman–Crippen LogP) is 1.66. The first-order chi connectivity index (χ1) is 8.31. The average molecular weight is 232 g/mol. The van der Waals surface area contributed by atoms with Gasteiger partial charge in [-0.15, -0.1) is 0 Å². The van der Waals surface area contributed by atoms with Gasteiger partial charge in [0, 0.05) is 24.0 Å². The third-order valence-corrected chi connectivity index (χ3v) is 2.54. The first-order valence-electron chi connectivity index (χ1n) is 5.73. The Morgan fingerprint density at radius 2 is 2.18 bits per heavy atom. The molecule has 0 saturated heterocycles. The van der Waals surface area contributed by atoms with E-state index in [0.717, 1.165) is 16.5 Å². The van der Waals surface area contributed by atoms with Crippen LogP contribution in [0.5, 0.6) is 0 Å². The lowest BCUT2D eigenvalue weighted by Gasteiger charge is -2.03. The molecule has 2 rings (SSSR count). The number of fused-ring (bicyclic) bond motifs is 1. The number of hydrogen-bond donors (Lipinski definition) is 2. The van der Waals surface area contributed by atoms with Gasteiger partial charge in [0.15, 0.2) is 0 Å². The quantitative estimate of drug-likeness (QED) is 0.824. The second-order valence-electron chi connectivity index (χ2n) is 3.81. The molecule has 0 radical (unpaired) electrons. The van der Waals surface area contributed by atoms with E-state index in [1.807, 2.05) is 31.2 Å². The molecular weight excluding hydrogens is 216 g/mol. The van der Waals surface area contributed by atoms with Gasteiger partial charge in [0.25, 0.3) is 0 Å². The second-order valence-corrected chi connectivity index (χ2v) is 3.81. The van der Waals surface area contributed by atoms with Crippen LogP contribution in [0.2, 0.25) is 0 Å². The Bertz CT molecular complexity index is 505. The van der Waals surface area contributed by atoms with Gasteiger partial charge in [0.05, 0.1) is 12.8 Å². The van der Waals surface area contributed by atoms with Crippen LogP contribution in [0.3, 0.4) is 0 Å². The maximum absolute atomic E-state index is 11.2. The predicted molar refractivity (Wildman–Crippen MR) is 66.6 cm³/mol. The molecule has 0 saturated carbocycles. The van der Waals surface area contributed by atoms with Gasteiger partial charge in [-0.25, -0.2) is 0 Å². The summed E-state index contributed by atoms with van der Waals surface area (Å²) >= 11 is 0. The second kappa shape index (κ2) is 5.50. The van der Waals surface area contributed by atoms with Gasteiger partial charge in [-0.05, 0) is 13.0 Å². The Labute approximate surface area is 100.0 Å². The van der Waals surface area contributed by atoms with Gasteiger partial charge in [-0.3, -0.25) is 4.79 Å². The van der Waals surface area contributed by atoms with E-state index in [4.69, 9.17) is 4.42 Å². The van der Waals surface area contributed by atoms with Crippen LogP contribution in [0.15, 0.2) is 34.9 Å². The van der Waals surface area contributed by atoms with E-state index in [9.17, 15) is 4.79 Å². The van der Waals surface area contributed by atoms with E-state index in [1.165, 1.54) is 0 Å². The highest BCUT2D eigenvalue weighted by Crippen LogP contribution is 2.20. The zero-order valence-electron chi connectivity index (χ0n) is 9.82. The van der Waals surface area contributed by atoms with Crippen LogP contribution < -0.4 is 10.6 Å². The van der Waals surface area contributed by atoms with Gasteiger partial charge in [0.1, 0.15) is 5.58 Å². The van der Waals surface area contributed by atoms with Crippen LogP contribution in [-0.2, 0) is 11.3 Å². The molecule has 0 spiro atoms. The Morgan fingerprint density at radius 3 is 3.00 bits per heavy atom. The first kappa shape index (κ1) is 11.7. The highest BCUT2D eigenvalue weighted by Gasteiger charge is 2.05. The summed E-state index contributed by atoms with van der Waals surface area (Å²) in [6.45, 7) is 3.53. The molecule has 4 heteroatoms. The summed E-state index contributed by atoms with van der Waals surface area (Å²) in [5, 5.41) is 6.92. The molecule has 0 unspecified atom stereocenters. The van der Waals surface area contributed by atoms with Gasteiger partial charge in [-0.1, -0.05) is 18.2 Å². The molecule has 0 aliphatic heterocycles. The molecule has 0 bridgehead atoms. The first-order valence-corrected chi connectivity index (χ1v) is 5.73. The molecule has 0 aliphatic carbocycles. The number of furan rings is 1. The number of para-hydroxylation sites is 1. The molecule has 2 aromatic rings. The SMILES string of the molecule is CCNC(=O)CNCc1coc2ccccc12. The number of carbonyl (C=O) groups is 1. The van der Waals surface area contributed by atoms with E-state index >= 15 is 0 Å². The fraction of sp³-hybridized carbons (Fsp3) is 0.308. The van der Waals surface area contributed by atoms with Crippen LogP contribution >= 0.6 is 0 Å². The molecule has 90 valence electrons. The highest BCUT2D eigenvalue weighted by atomic mass is 16.3. The summed E-state index contributed by atoms with van der Waals surface area (Å²) in [5.74, 6) is 0.0142. The van der Waals surface area contributed by atoms with E-state index in [0.29, 0.717) is 19.6 Å². The third kappa shape index (κ3) is 2.85. The minimum absolute atomic E-state index is 0.0142. The molecule has 17 heavy (non-hydrogen) atoms. The topological polar surface area (TPSA) is 54.3 Å². The van der Waals surface area contributed by atoms with E-state index in [1.54, 1.807) is 6.26 Å². The standard InChI is InChI=1S/C13H16N2O2/c1-2-15-13(16)8-14-7-10-9-17-12-6-4-3-5-11(10)12/h3-6,9,14H,2,7-8H2,1H3,(H,15,16). The van der Waals surface area contributed by atoms with Gasteiger partial charge < -0.3 is 15.1 Å². The van der Waals surface area contributed by atoms with Crippen molar-refractivity contribution in [3.05, 3.63) is 36.1 Å². The van der Waals surface area contributed by atoms with Crippen LogP contribution in [0.25, 0.3) is 11.0 Å². The maximum Gasteiger partial charge on any atom is 0.233 e. The number of nitrogens with one attached hydrogen (secondary N) is 2. The number of amides is 1. The monoisotopic (exact) mass is 232 g/mol. The summed E-state index contributed by atoms with van der Waals surface area (Å²) in [6.07, 6.45) is 1.73. The van der Waals surface area contributed by atoms with Crippen molar-refractivity contribution in [3.8, 4) is 0 Å². The Hall–Kier alpha value is -1.81. The van der Waals surface area contributed by atoms with Crippen LogP contribution in [0.4, 0.5) is 0 Å². The number of benzene rings is 1. The molecule has 1 heterocycles. The normalized spacial score (nSPS) is 10.6. The van der Waals surface area contributed by atoms with Crippen molar-refractivity contribution in [2.75, 3.05) is 13.1 Å². The fourth-order valence-electron chi connectivity index (χ4n) is 1.74. The van der Waals surface area contributed by atoms with Crippen molar-refractivity contribution in [3.63, 3.8) is 0 Å². The fourth-order valence-corrected chi connectivity index (χ4v) is 1.74. The number of rotatable bonds is 5. The summed E-state index contributed by atoms with van der Waals surface area (Å²) in [4.78, 5) is 11.2. The molecule has 0 fully saturated rings. The summed E-state index contributed by atoms with van der Waals surface area (Å²) in [5.41, 5.74) is 1.95. The molecule has 1 amide bonds. The maximum atomic E-state index is 11.2. The third-order valence-electron chi connectivity index (χ3n) is 2.54. The van der Waals surface area contributed by atoms with Crippen molar-refractivity contribution < 1.29 is 9.21 Å². The molecule has 0 atom stereocenters. The molecule has 4 nitrogen and oxygen atoms in total. The van der Waals surface area contributed by atoms with Crippen molar-refractivity contribution in [2.45, 2.75) is 13.5 Å². The smallest absolute Gasteiger partial charge is 0.233 e. The van der Waals surface area contributed by atoms with Crippen molar-refractivity contribution in [1.82, 2.24) is 10.6 Å². The van der Waals surface area contributed by atoms with Gasteiger partial charge in [-0.2, -0.15) is 0 Å². The van der Waals surface area contributed by atoms with Crippen molar-refractivity contribution in [1.29, 1.82) is 0 Å². The molecule has 1 aromatic heterocycles. The average Bonchev–Trinajstić information content (AvgIpc) is 2.73. The van der Waals surface area contributed by atoms with Crippen LogP contribution in [-0.4, -0.2) is 19.0 Å². The Kier molecular flexibility index (Phi) is 3.77. The lowest BCUT2D eigenvalue weighted by atomic mass is 10.2. The largest absolute Gasteiger partial charge is 0.464 e. The van der Waals surface area contributed by atoms with E-state index in [2.05, 4.69) is 10.6 Å². The molecular formula is C13H16N2O2. The number of likely N-dealkylation sites (N-methyl/N-ethyl adjacent to an activating group) is 1. The lowest BCUT2D eigenvalue weighted by molar-refractivity contribution is -0.120. The number of hydrogen-bond acceptors (Lipinski definition) is 3.